The van der Waals surface area contributed by atoms with E-state index in [0.29, 0.717) is 28.2 Å². The molecule has 1 atom stereocenters. The van der Waals surface area contributed by atoms with Crippen LogP contribution in [0.3, 0.4) is 0 Å². The van der Waals surface area contributed by atoms with Crippen molar-refractivity contribution in [3.8, 4) is 0 Å². The van der Waals surface area contributed by atoms with E-state index in [1.807, 2.05) is 33.8 Å². The van der Waals surface area contributed by atoms with Crippen molar-refractivity contribution in [3.63, 3.8) is 0 Å². The molecule has 0 aliphatic rings. The highest BCUT2D eigenvalue weighted by atomic mass is 35.5. The van der Waals surface area contributed by atoms with Gasteiger partial charge in [-0.3, -0.25) is 4.79 Å². The van der Waals surface area contributed by atoms with Gasteiger partial charge < -0.3 is 9.84 Å². The summed E-state index contributed by atoms with van der Waals surface area (Å²) in [5.41, 5.74) is 0.645. The van der Waals surface area contributed by atoms with Gasteiger partial charge in [-0.1, -0.05) is 55.2 Å². The monoisotopic (exact) mass is 369 g/mol. The van der Waals surface area contributed by atoms with Crippen LogP contribution in [0.2, 0.25) is 10.0 Å². The molecule has 0 bridgehead atoms. The summed E-state index contributed by atoms with van der Waals surface area (Å²) >= 11 is 12.0. The normalized spacial score (nSPS) is 12.9. The molecule has 1 N–H and O–H groups in total. The number of amides is 1. The molecule has 7 heteroatoms. The Morgan fingerprint density at radius 1 is 1.33 bits per heavy atom. The molecule has 0 saturated carbocycles. The fourth-order valence-electron chi connectivity index (χ4n) is 2.13. The minimum Gasteiger partial charge on any atom is -0.350 e. The highest BCUT2D eigenvalue weighted by Crippen LogP contribution is 2.26. The van der Waals surface area contributed by atoms with E-state index in [4.69, 9.17) is 27.7 Å². The van der Waals surface area contributed by atoms with Crippen LogP contribution in [0, 0.1) is 0 Å². The first-order valence-corrected chi connectivity index (χ1v) is 8.50. The molecule has 2 rings (SSSR count). The van der Waals surface area contributed by atoms with E-state index in [2.05, 4.69) is 15.5 Å². The third-order valence-electron chi connectivity index (χ3n) is 3.51. The van der Waals surface area contributed by atoms with E-state index < -0.39 is 0 Å². The van der Waals surface area contributed by atoms with E-state index in [0.717, 1.165) is 5.56 Å². The van der Waals surface area contributed by atoms with Crippen molar-refractivity contribution in [1.82, 2.24) is 15.5 Å². The van der Waals surface area contributed by atoms with Gasteiger partial charge in [0.1, 0.15) is 0 Å². The van der Waals surface area contributed by atoms with Crippen LogP contribution < -0.4 is 5.32 Å². The van der Waals surface area contributed by atoms with Gasteiger partial charge in [-0.05, 0) is 24.6 Å². The Hall–Kier alpha value is -1.59. The number of nitrogens with one attached hydrogen (secondary N) is 1. The first-order valence-electron chi connectivity index (χ1n) is 7.74. The molecule has 0 aliphatic heterocycles. The summed E-state index contributed by atoms with van der Waals surface area (Å²) < 4.78 is 5.19. The maximum atomic E-state index is 12.1. The second-order valence-corrected chi connectivity index (χ2v) is 7.56. The fourth-order valence-corrected chi connectivity index (χ4v) is 2.70. The number of carbonyl (C=O) groups is 1. The van der Waals surface area contributed by atoms with Crippen molar-refractivity contribution in [2.24, 2.45) is 0 Å². The molecule has 1 aromatic heterocycles. The predicted molar refractivity (Wildman–Crippen MR) is 94.3 cm³/mol. The highest BCUT2D eigenvalue weighted by Gasteiger charge is 2.21. The zero-order valence-electron chi connectivity index (χ0n) is 14.2. The van der Waals surface area contributed by atoms with Gasteiger partial charge >= 0.3 is 0 Å². The lowest BCUT2D eigenvalue weighted by atomic mass is 9.96. The maximum absolute atomic E-state index is 12.1. The number of carbonyl (C=O) groups excluding carboxylic acids is 1. The number of nitrogens with zero attached hydrogens (tertiary/aromatic N) is 2. The largest absolute Gasteiger partial charge is 0.350 e. The number of rotatable bonds is 5. The molecule has 130 valence electrons. The van der Waals surface area contributed by atoms with Crippen LogP contribution >= 0.6 is 23.2 Å². The Kier molecular flexibility index (Phi) is 5.88. The summed E-state index contributed by atoms with van der Waals surface area (Å²) in [4.78, 5) is 16.4. The Balaban J connectivity index is 1.90. The predicted octanol–water partition coefficient (Wildman–Crippen LogP) is 4.48. The molecule has 0 aliphatic carbocycles. The summed E-state index contributed by atoms with van der Waals surface area (Å²) in [5.74, 6) is 0.996. The zero-order chi connectivity index (χ0) is 17.9. The van der Waals surface area contributed by atoms with Gasteiger partial charge in [0.05, 0.1) is 6.04 Å². The first kappa shape index (κ1) is 18.7. The van der Waals surface area contributed by atoms with Crippen LogP contribution in [0.5, 0.6) is 0 Å². The lowest BCUT2D eigenvalue weighted by Gasteiger charge is -2.15. The topological polar surface area (TPSA) is 68.0 Å². The second-order valence-electron chi connectivity index (χ2n) is 6.72. The quantitative estimate of drug-likeness (QED) is 0.842. The van der Waals surface area contributed by atoms with E-state index in [1.54, 1.807) is 12.1 Å². The molecular formula is C17H21Cl2N3O2. The maximum Gasteiger partial charge on any atom is 0.227 e. The minimum absolute atomic E-state index is 0.107. The Morgan fingerprint density at radius 2 is 2.04 bits per heavy atom. The lowest BCUT2D eigenvalue weighted by Crippen LogP contribution is -2.27. The van der Waals surface area contributed by atoms with Gasteiger partial charge in [-0.15, -0.1) is 0 Å². The molecule has 1 aromatic carbocycles. The van der Waals surface area contributed by atoms with Crippen molar-refractivity contribution in [3.05, 3.63) is 45.5 Å². The molecule has 0 spiro atoms. The number of aryl methyl sites for hydroxylation is 1. The number of hydrogen-bond donors (Lipinski definition) is 1. The lowest BCUT2D eigenvalue weighted by molar-refractivity contribution is -0.121. The minimum atomic E-state index is -0.213. The van der Waals surface area contributed by atoms with E-state index in [9.17, 15) is 4.79 Å². The van der Waals surface area contributed by atoms with Gasteiger partial charge in [0.2, 0.25) is 11.8 Å². The summed E-state index contributed by atoms with van der Waals surface area (Å²) in [6.07, 6.45) is 0.664. The van der Waals surface area contributed by atoms with Crippen molar-refractivity contribution < 1.29 is 9.32 Å². The summed E-state index contributed by atoms with van der Waals surface area (Å²) in [5, 5.41) is 7.95. The first-order chi connectivity index (χ1) is 11.2. The van der Waals surface area contributed by atoms with E-state index in [-0.39, 0.29) is 23.8 Å². The van der Waals surface area contributed by atoms with Crippen molar-refractivity contribution >= 4 is 29.1 Å². The van der Waals surface area contributed by atoms with Crippen molar-refractivity contribution in [1.29, 1.82) is 0 Å². The summed E-state index contributed by atoms with van der Waals surface area (Å²) in [6.45, 7) is 7.89. The van der Waals surface area contributed by atoms with E-state index >= 15 is 0 Å². The van der Waals surface area contributed by atoms with Crippen LogP contribution in [-0.4, -0.2) is 16.0 Å². The molecule has 1 amide bonds. The average molecular weight is 370 g/mol. The molecule has 1 unspecified atom stereocenters. The Morgan fingerprint density at radius 3 is 2.62 bits per heavy atom. The molecule has 0 radical (unpaired) electrons. The Labute approximate surface area is 151 Å². The highest BCUT2D eigenvalue weighted by molar-refractivity contribution is 6.35. The summed E-state index contributed by atoms with van der Waals surface area (Å²) in [6, 6.07) is 5.00. The Bertz CT molecular complexity index is 723. The molecule has 1 heterocycles. The number of hydrogen-bond acceptors (Lipinski definition) is 4. The zero-order valence-corrected chi connectivity index (χ0v) is 15.7. The molecule has 0 fully saturated rings. The smallest absolute Gasteiger partial charge is 0.227 e. The van der Waals surface area contributed by atoms with Crippen LogP contribution in [0.4, 0.5) is 0 Å². The SMILES string of the molecule is CC(NC(=O)CCc1nc(C(C)(C)C)no1)c1ccc(Cl)cc1Cl. The molecule has 24 heavy (non-hydrogen) atoms. The molecular weight excluding hydrogens is 349 g/mol. The standard InChI is InChI=1S/C17H21Cl2N3O2/c1-10(12-6-5-11(18)9-13(12)19)20-14(23)7-8-15-21-16(22-24-15)17(2,3)4/h5-6,9-10H,7-8H2,1-4H3,(H,20,23). The van der Waals surface area contributed by atoms with Gasteiger partial charge in [-0.25, -0.2) is 0 Å². The second kappa shape index (κ2) is 7.53. The average Bonchev–Trinajstić information content (AvgIpc) is 2.93. The van der Waals surface area contributed by atoms with Crippen LogP contribution in [0.1, 0.15) is 57.4 Å². The van der Waals surface area contributed by atoms with Crippen LogP contribution in [0.25, 0.3) is 0 Å². The number of benzene rings is 1. The summed E-state index contributed by atoms with van der Waals surface area (Å²) in [7, 11) is 0. The van der Waals surface area contributed by atoms with Gasteiger partial charge in [0.15, 0.2) is 5.82 Å². The van der Waals surface area contributed by atoms with Gasteiger partial charge in [0.25, 0.3) is 0 Å². The number of halogens is 2. The fraction of sp³-hybridized carbons (Fsp3) is 0.471. The number of aromatic nitrogens is 2. The van der Waals surface area contributed by atoms with Crippen LogP contribution in [0.15, 0.2) is 22.7 Å². The van der Waals surface area contributed by atoms with Crippen LogP contribution in [-0.2, 0) is 16.6 Å². The van der Waals surface area contributed by atoms with E-state index in [1.165, 1.54) is 0 Å². The molecule has 5 nitrogen and oxygen atoms in total. The van der Waals surface area contributed by atoms with Crippen molar-refractivity contribution in [2.45, 2.75) is 52.0 Å². The third kappa shape index (κ3) is 4.95. The molecule has 2 aromatic rings. The van der Waals surface area contributed by atoms with Gasteiger partial charge in [0, 0.05) is 28.3 Å². The van der Waals surface area contributed by atoms with Gasteiger partial charge in [-0.2, -0.15) is 4.98 Å². The van der Waals surface area contributed by atoms with Crippen molar-refractivity contribution in [2.75, 3.05) is 0 Å². The molecule has 0 saturated heterocycles. The third-order valence-corrected chi connectivity index (χ3v) is 4.07.